The number of aromatic nitrogens is 6. The Morgan fingerprint density at radius 2 is 1.83 bits per heavy atom. The van der Waals surface area contributed by atoms with Crippen molar-refractivity contribution in [2.75, 3.05) is 5.73 Å². The second kappa shape index (κ2) is 7.20. The van der Waals surface area contributed by atoms with Crippen LogP contribution < -0.4 is 5.73 Å². The van der Waals surface area contributed by atoms with Crippen LogP contribution in [0.15, 0.2) is 55.1 Å². The third-order valence-corrected chi connectivity index (χ3v) is 5.80. The van der Waals surface area contributed by atoms with Gasteiger partial charge in [0, 0.05) is 9.13 Å². The minimum atomic E-state index is 0.347. The third kappa shape index (κ3) is 3.18. The number of hydrogen-bond acceptors (Lipinski definition) is 6. The highest BCUT2D eigenvalue weighted by Gasteiger charge is 2.17. The maximum atomic E-state index is 6.49. The summed E-state index contributed by atoms with van der Waals surface area (Å²) in [6.45, 7) is 0.419. The first-order valence-electron chi connectivity index (χ1n) is 8.73. The van der Waals surface area contributed by atoms with E-state index in [9.17, 15) is 0 Å². The maximum Gasteiger partial charge on any atom is 0.165 e. The van der Waals surface area contributed by atoms with Crippen molar-refractivity contribution in [1.29, 1.82) is 0 Å². The molecule has 3 aromatic heterocycles. The number of nitrogens with zero attached hydrogens (tertiary/aromatic N) is 6. The van der Waals surface area contributed by atoms with Gasteiger partial charge in [0.05, 0.1) is 34.8 Å². The van der Waals surface area contributed by atoms with Crippen molar-refractivity contribution in [1.82, 2.24) is 29.5 Å². The molecule has 0 aliphatic heterocycles. The molecule has 0 spiro atoms. The number of halogens is 2. The second-order valence-electron chi connectivity index (χ2n) is 6.41. The molecule has 2 N–H and O–H groups in total. The Labute approximate surface area is 184 Å². The van der Waals surface area contributed by atoms with Crippen LogP contribution in [0.4, 0.5) is 5.82 Å². The normalized spacial score (nSPS) is 11.4. The molecule has 2 aromatic carbocycles. The zero-order valence-corrected chi connectivity index (χ0v) is 17.8. The minimum Gasteiger partial charge on any atom is -0.382 e. The minimum absolute atomic E-state index is 0.347. The van der Waals surface area contributed by atoms with Gasteiger partial charge in [0.25, 0.3) is 0 Å². The Kier molecular flexibility index (Phi) is 4.51. The Bertz CT molecular complexity index is 1380. The van der Waals surface area contributed by atoms with E-state index in [1.54, 1.807) is 6.33 Å². The third-order valence-electron chi connectivity index (χ3n) is 4.60. The number of anilines is 1. The zero-order chi connectivity index (χ0) is 20.0. The molecule has 5 rings (SSSR count). The summed E-state index contributed by atoms with van der Waals surface area (Å²) in [5.74, 6) is 0.347. The topological polar surface area (TPSA) is 95.4 Å². The number of hydrogen-bond donors (Lipinski definition) is 1. The van der Waals surface area contributed by atoms with Crippen molar-refractivity contribution >= 4 is 62.2 Å². The molecule has 5 aromatic rings. The average Bonchev–Trinajstić information content (AvgIpc) is 3.13. The Hall–Kier alpha value is -2.85. The van der Waals surface area contributed by atoms with Gasteiger partial charge >= 0.3 is 0 Å². The predicted molar refractivity (Wildman–Crippen MR) is 122 cm³/mol. The molecule has 0 saturated carbocycles. The van der Waals surface area contributed by atoms with Crippen LogP contribution in [-0.4, -0.2) is 29.5 Å². The molecule has 0 radical (unpaired) electrons. The summed E-state index contributed by atoms with van der Waals surface area (Å²) in [6, 6.07) is 13.6. The second-order valence-corrected chi connectivity index (χ2v) is 7.98. The van der Waals surface area contributed by atoms with Crippen molar-refractivity contribution in [3.05, 3.63) is 69.4 Å². The first-order chi connectivity index (χ1) is 14.1. The van der Waals surface area contributed by atoms with E-state index in [1.807, 2.05) is 47.0 Å². The van der Waals surface area contributed by atoms with Crippen molar-refractivity contribution in [2.24, 2.45) is 0 Å². The number of benzene rings is 2. The van der Waals surface area contributed by atoms with Crippen LogP contribution in [0.1, 0.15) is 5.69 Å². The van der Waals surface area contributed by atoms with E-state index in [4.69, 9.17) is 27.3 Å². The van der Waals surface area contributed by atoms with E-state index in [0.717, 1.165) is 31.6 Å². The first-order valence-corrected chi connectivity index (χ1v) is 10.2. The van der Waals surface area contributed by atoms with Gasteiger partial charge in [-0.15, -0.1) is 0 Å². The summed E-state index contributed by atoms with van der Waals surface area (Å²) < 4.78 is 2.92. The van der Waals surface area contributed by atoms with Crippen LogP contribution in [0.2, 0.25) is 5.02 Å². The number of rotatable bonds is 3. The molecule has 29 heavy (non-hydrogen) atoms. The van der Waals surface area contributed by atoms with E-state index in [0.29, 0.717) is 28.5 Å². The van der Waals surface area contributed by atoms with E-state index in [2.05, 4.69) is 37.5 Å². The van der Waals surface area contributed by atoms with E-state index in [-0.39, 0.29) is 0 Å². The Balaban J connectivity index is 1.74. The molecule has 142 valence electrons. The summed E-state index contributed by atoms with van der Waals surface area (Å²) in [7, 11) is 0. The smallest absolute Gasteiger partial charge is 0.165 e. The molecule has 0 fully saturated rings. The molecule has 0 amide bonds. The van der Waals surface area contributed by atoms with Crippen LogP contribution in [0.5, 0.6) is 0 Å². The lowest BCUT2D eigenvalue weighted by atomic mass is 10.1. The van der Waals surface area contributed by atoms with Gasteiger partial charge in [-0.2, -0.15) is 0 Å². The molecular weight excluding hydrogens is 501 g/mol. The molecule has 9 heteroatoms. The average molecular weight is 514 g/mol. The fourth-order valence-electron chi connectivity index (χ4n) is 3.23. The van der Waals surface area contributed by atoms with Crippen LogP contribution in [0.3, 0.4) is 0 Å². The molecule has 0 bridgehead atoms. The quantitative estimate of drug-likeness (QED) is 0.361. The van der Waals surface area contributed by atoms with Crippen LogP contribution >= 0.6 is 34.2 Å². The summed E-state index contributed by atoms with van der Waals surface area (Å²) in [6.07, 6.45) is 3.12. The summed E-state index contributed by atoms with van der Waals surface area (Å²) in [5.41, 5.74) is 11.1. The van der Waals surface area contributed by atoms with E-state index >= 15 is 0 Å². The number of imidazole rings is 1. The van der Waals surface area contributed by atoms with Gasteiger partial charge in [-0.1, -0.05) is 35.9 Å². The van der Waals surface area contributed by atoms with Gasteiger partial charge in [-0.3, -0.25) is 0 Å². The van der Waals surface area contributed by atoms with Crippen molar-refractivity contribution in [3.8, 4) is 11.3 Å². The van der Waals surface area contributed by atoms with Crippen LogP contribution in [-0.2, 0) is 6.54 Å². The molecule has 0 saturated heterocycles. The van der Waals surface area contributed by atoms with Crippen LogP contribution in [0.25, 0.3) is 33.5 Å². The van der Waals surface area contributed by atoms with Crippen molar-refractivity contribution in [2.45, 2.75) is 6.54 Å². The van der Waals surface area contributed by atoms with Gasteiger partial charge in [0.15, 0.2) is 11.5 Å². The monoisotopic (exact) mass is 513 g/mol. The highest BCUT2D eigenvalue weighted by atomic mass is 127. The van der Waals surface area contributed by atoms with Gasteiger partial charge in [-0.05, 0) is 40.8 Å². The molecule has 7 nitrogen and oxygen atoms in total. The molecule has 0 atom stereocenters. The maximum absolute atomic E-state index is 6.49. The number of nitrogens with two attached hydrogens (primary N) is 1. The number of para-hydroxylation sites is 1. The lowest BCUT2D eigenvalue weighted by Gasteiger charge is -2.13. The lowest BCUT2D eigenvalue weighted by molar-refractivity contribution is 0.789. The highest BCUT2D eigenvalue weighted by Crippen LogP contribution is 2.31. The van der Waals surface area contributed by atoms with Gasteiger partial charge in [0.2, 0.25) is 0 Å². The number of fused-ring (bicyclic) bond motifs is 2. The standard InChI is InChI=1S/C20H13ClIN7/c21-12-5-2-1-4-11(12)16-15(27-14-7-3-6-13(22)17(14)28-16)8-29-10-26-18-19(23)24-9-25-20(18)29/h1-7,9-10H,8H2,(H2,23,24,25). The molecule has 0 unspecified atom stereocenters. The Morgan fingerprint density at radius 1 is 0.966 bits per heavy atom. The predicted octanol–water partition coefficient (Wildman–Crippen LogP) is 4.33. The molecule has 3 heterocycles. The highest BCUT2D eigenvalue weighted by molar-refractivity contribution is 14.1. The van der Waals surface area contributed by atoms with Crippen LogP contribution in [0, 0.1) is 3.57 Å². The lowest BCUT2D eigenvalue weighted by Crippen LogP contribution is -2.07. The molecular formula is C20H13ClIN7. The fourth-order valence-corrected chi connectivity index (χ4v) is 4.06. The molecule has 0 aliphatic rings. The summed E-state index contributed by atoms with van der Waals surface area (Å²) >= 11 is 8.76. The summed E-state index contributed by atoms with van der Waals surface area (Å²) in [4.78, 5) is 22.5. The van der Waals surface area contributed by atoms with E-state index < -0.39 is 0 Å². The largest absolute Gasteiger partial charge is 0.382 e. The van der Waals surface area contributed by atoms with Crippen molar-refractivity contribution in [3.63, 3.8) is 0 Å². The Morgan fingerprint density at radius 3 is 2.69 bits per heavy atom. The number of nitrogen functional groups attached to an aromatic ring is 1. The SMILES string of the molecule is Nc1ncnc2c1ncn2Cc1nc2cccc(I)c2nc1-c1ccccc1Cl. The van der Waals surface area contributed by atoms with Gasteiger partial charge < -0.3 is 10.3 Å². The molecule has 0 aliphatic carbocycles. The summed E-state index contributed by atoms with van der Waals surface area (Å²) in [5, 5.41) is 0.621. The van der Waals surface area contributed by atoms with Crippen molar-refractivity contribution < 1.29 is 0 Å². The first kappa shape index (κ1) is 18.2. The van der Waals surface area contributed by atoms with E-state index in [1.165, 1.54) is 6.33 Å². The van der Waals surface area contributed by atoms with Gasteiger partial charge in [0.1, 0.15) is 17.4 Å². The van der Waals surface area contributed by atoms with Gasteiger partial charge in [-0.25, -0.2) is 24.9 Å². The zero-order valence-electron chi connectivity index (χ0n) is 14.9. The fraction of sp³-hybridized carbons (Fsp3) is 0.0500.